The number of para-hydroxylation sites is 2. The van der Waals surface area contributed by atoms with Crippen LogP contribution in [0.3, 0.4) is 0 Å². The quantitative estimate of drug-likeness (QED) is 0.660. The molecule has 0 saturated carbocycles. The Hall–Kier alpha value is -2.08. The van der Waals surface area contributed by atoms with Crippen LogP contribution in [0.25, 0.3) is 22.4 Å². The highest BCUT2D eigenvalue weighted by Crippen LogP contribution is 2.32. The molecule has 6 heteroatoms. The van der Waals surface area contributed by atoms with Gasteiger partial charge in [0.25, 0.3) is 0 Å². The van der Waals surface area contributed by atoms with Crippen LogP contribution in [-0.4, -0.2) is 61.2 Å². The topological polar surface area (TPSA) is 47.2 Å². The number of hydrogen-bond donors (Lipinski definition) is 2. The lowest BCUT2D eigenvalue weighted by atomic mass is 10.0. The zero-order valence-corrected chi connectivity index (χ0v) is 17.3. The molecular formula is C22H28ClN5. The predicted molar refractivity (Wildman–Crippen MR) is 118 cm³/mol. The van der Waals surface area contributed by atoms with Gasteiger partial charge in [-0.3, -0.25) is 0 Å². The summed E-state index contributed by atoms with van der Waals surface area (Å²) in [7, 11) is 4.23. The smallest absolute Gasteiger partial charge is 0.140 e. The number of fused-ring (bicyclic) bond motifs is 1. The predicted octanol–water partition coefficient (Wildman–Crippen LogP) is 4.00. The second-order valence-corrected chi connectivity index (χ2v) is 8.19. The maximum Gasteiger partial charge on any atom is 0.140 e. The highest BCUT2D eigenvalue weighted by Gasteiger charge is 2.20. The molecule has 0 atom stereocenters. The van der Waals surface area contributed by atoms with Crippen molar-refractivity contribution >= 4 is 28.3 Å². The fourth-order valence-corrected chi connectivity index (χ4v) is 4.01. The van der Waals surface area contributed by atoms with Gasteiger partial charge in [0.2, 0.25) is 0 Å². The molecule has 0 unspecified atom stereocenters. The van der Waals surface area contributed by atoms with E-state index in [1.807, 2.05) is 30.3 Å². The van der Waals surface area contributed by atoms with Crippen molar-refractivity contribution in [3.05, 3.63) is 47.5 Å². The van der Waals surface area contributed by atoms with Gasteiger partial charge in [0.05, 0.1) is 16.1 Å². The van der Waals surface area contributed by atoms with Gasteiger partial charge in [0, 0.05) is 43.5 Å². The number of nitrogens with one attached hydrogen (secondary N) is 2. The van der Waals surface area contributed by atoms with E-state index in [0.717, 1.165) is 66.5 Å². The fourth-order valence-electron chi connectivity index (χ4n) is 3.81. The summed E-state index contributed by atoms with van der Waals surface area (Å²) in [6.45, 7) is 4.24. The molecule has 1 aliphatic rings. The molecule has 1 fully saturated rings. The molecule has 2 aromatic carbocycles. The molecular weight excluding hydrogens is 370 g/mol. The van der Waals surface area contributed by atoms with Crippen LogP contribution >= 0.6 is 11.6 Å². The van der Waals surface area contributed by atoms with E-state index in [2.05, 4.69) is 46.3 Å². The monoisotopic (exact) mass is 397 g/mol. The Balaban J connectivity index is 1.46. The molecule has 1 aliphatic heterocycles. The van der Waals surface area contributed by atoms with Crippen LogP contribution in [0.2, 0.25) is 5.02 Å². The molecule has 1 saturated heterocycles. The first-order valence-electron chi connectivity index (χ1n) is 9.98. The number of halogens is 1. The molecule has 2 N–H and O–H groups in total. The van der Waals surface area contributed by atoms with Gasteiger partial charge < -0.3 is 20.1 Å². The average molecular weight is 398 g/mol. The van der Waals surface area contributed by atoms with Crippen molar-refractivity contribution in [3.8, 4) is 11.4 Å². The summed E-state index contributed by atoms with van der Waals surface area (Å²) in [6.07, 6.45) is 2.33. The van der Waals surface area contributed by atoms with Crippen molar-refractivity contribution in [1.29, 1.82) is 0 Å². The molecule has 28 heavy (non-hydrogen) atoms. The highest BCUT2D eigenvalue weighted by molar-refractivity contribution is 6.33. The van der Waals surface area contributed by atoms with Gasteiger partial charge in [-0.05, 0) is 57.3 Å². The van der Waals surface area contributed by atoms with Crippen LogP contribution in [0.5, 0.6) is 0 Å². The Morgan fingerprint density at radius 2 is 1.96 bits per heavy atom. The van der Waals surface area contributed by atoms with E-state index in [-0.39, 0.29) is 0 Å². The lowest BCUT2D eigenvalue weighted by Gasteiger charge is -2.34. The summed E-state index contributed by atoms with van der Waals surface area (Å²) in [5.74, 6) is 0.827. The van der Waals surface area contributed by atoms with Crippen LogP contribution in [0.4, 0.5) is 5.69 Å². The number of H-pyrrole nitrogens is 1. The second-order valence-electron chi connectivity index (χ2n) is 7.79. The number of piperidine rings is 1. The lowest BCUT2D eigenvalue weighted by molar-refractivity contribution is 0.359. The average Bonchev–Trinajstić information content (AvgIpc) is 3.13. The Morgan fingerprint density at radius 1 is 1.18 bits per heavy atom. The van der Waals surface area contributed by atoms with Gasteiger partial charge in [-0.2, -0.15) is 0 Å². The first kappa shape index (κ1) is 19.2. The second kappa shape index (κ2) is 8.52. The van der Waals surface area contributed by atoms with Crippen molar-refractivity contribution in [3.63, 3.8) is 0 Å². The zero-order valence-electron chi connectivity index (χ0n) is 16.6. The number of aromatic amines is 1. The number of imidazole rings is 1. The van der Waals surface area contributed by atoms with E-state index < -0.39 is 0 Å². The third-order valence-electron chi connectivity index (χ3n) is 5.45. The molecule has 3 aromatic rings. The summed E-state index contributed by atoms with van der Waals surface area (Å²) in [4.78, 5) is 12.8. The van der Waals surface area contributed by atoms with Crippen LogP contribution in [0, 0.1) is 0 Å². The van der Waals surface area contributed by atoms with Crippen molar-refractivity contribution in [2.24, 2.45) is 0 Å². The molecule has 0 aliphatic carbocycles. The minimum atomic E-state index is 0.610. The Bertz CT molecular complexity index is 895. The Kier molecular flexibility index (Phi) is 5.85. The standard InChI is InChI=1S/C22H28ClN5/c1-27(2)14-11-24-16-9-12-28(13-10-16)17-7-8-19(23)18(15-17)22-25-20-5-3-4-6-21(20)26-22/h3-8,15-16,24H,9-14H2,1-2H3,(H,25,26). The van der Waals surface area contributed by atoms with Crippen molar-refractivity contribution in [1.82, 2.24) is 20.2 Å². The molecule has 2 heterocycles. The summed E-state index contributed by atoms with van der Waals surface area (Å²) in [6, 6.07) is 15.0. The number of aromatic nitrogens is 2. The van der Waals surface area contributed by atoms with E-state index in [9.17, 15) is 0 Å². The van der Waals surface area contributed by atoms with E-state index in [4.69, 9.17) is 16.6 Å². The Morgan fingerprint density at radius 3 is 2.71 bits per heavy atom. The van der Waals surface area contributed by atoms with Crippen LogP contribution in [0.15, 0.2) is 42.5 Å². The number of anilines is 1. The Labute approximate surface area is 171 Å². The van der Waals surface area contributed by atoms with Crippen molar-refractivity contribution in [2.45, 2.75) is 18.9 Å². The number of nitrogens with zero attached hydrogens (tertiary/aromatic N) is 3. The van der Waals surface area contributed by atoms with Gasteiger partial charge in [-0.25, -0.2) is 4.98 Å². The van der Waals surface area contributed by atoms with E-state index in [1.54, 1.807) is 0 Å². The van der Waals surface area contributed by atoms with Gasteiger partial charge in [0.15, 0.2) is 0 Å². The van der Waals surface area contributed by atoms with E-state index in [1.165, 1.54) is 5.69 Å². The summed E-state index contributed by atoms with van der Waals surface area (Å²) >= 11 is 6.51. The zero-order chi connectivity index (χ0) is 19.5. The maximum absolute atomic E-state index is 6.51. The number of likely N-dealkylation sites (N-methyl/N-ethyl adjacent to an activating group) is 1. The molecule has 5 nitrogen and oxygen atoms in total. The minimum absolute atomic E-state index is 0.610. The van der Waals surface area contributed by atoms with Crippen molar-refractivity contribution < 1.29 is 0 Å². The highest BCUT2D eigenvalue weighted by atomic mass is 35.5. The van der Waals surface area contributed by atoms with E-state index >= 15 is 0 Å². The first-order valence-corrected chi connectivity index (χ1v) is 10.4. The minimum Gasteiger partial charge on any atom is -0.371 e. The van der Waals surface area contributed by atoms with Crippen molar-refractivity contribution in [2.75, 3.05) is 45.2 Å². The summed E-state index contributed by atoms with van der Waals surface area (Å²) in [5.41, 5.74) is 4.17. The SMILES string of the molecule is CN(C)CCNC1CCN(c2ccc(Cl)c(-c3nc4ccccc4[nH]3)c2)CC1. The molecule has 148 valence electrons. The summed E-state index contributed by atoms with van der Waals surface area (Å²) in [5, 5.41) is 4.41. The normalized spacial score (nSPS) is 15.6. The molecule has 4 rings (SSSR count). The fraction of sp³-hybridized carbons (Fsp3) is 0.409. The number of hydrogen-bond acceptors (Lipinski definition) is 4. The third-order valence-corrected chi connectivity index (χ3v) is 5.78. The first-order chi connectivity index (χ1) is 13.6. The molecule has 0 spiro atoms. The lowest BCUT2D eigenvalue weighted by Crippen LogP contribution is -2.44. The van der Waals surface area contributed by atoms with Gasteiger partial charge in [-0.15, -0.1) is 0 Å². The summed E-state index contributed by atoms with van der Waals surface area (Å²) < 4.78 is 0. The number of benzene rings is 2. The molecule has 0 amide bonds. The largest absolute Gasteiger partial charge is 0.371 e. The van der Waals surface area contributed by atoms with E-state index in [0.29, 0.717) is 6.04 Å². The van der Waals surface area contributed by atoms with Gasteiger partial charge >= 0.3 is 0 Å². The molecule has 1 aromatic heterocycles. The molecule has 0 radical (unpaired) electrons. The van der Waals surface area contributed by atoms with Gasteiger partial charge in [0.1, 0.15) is 5.82 Å². The van der Waals surface area contributed by atoms with Crippen LogP contribution in [0.1, 0.15) is 12.8 Å². The third kappa shape index (κ3) is 4.32. The van der Waals surface area contributed by atoms with Gasteiger partial charge in [-0.1, -0.05) is 23.7 Å². The van der Waals surface area contributed by atoms with Crippen LogP contribution < -0.4 is 10.2 Å². The molecule has 0 bridgehead atoms. The van der Waals surface area contributed by atoms with Crippen LogP contribution in [-0.2, 0) is 0 Å². The number of rotatable bonds is 6. The maximum atomic E-state index is 6.51.